The van der Waals surface area contributed by atoms with Crippen LogP contribution in [0.15, 0.2) is 0 Å². The summed E-state index contributed by atoms with van der Waals surface area (Å²) in [7, 11) is 3.72. The van der Waals surface area contributed by atoms with Gasteiger partial charge in [0.05, 0.1) is 6.10 Å². The number of nitrogens with two attached hydrogens (primary N) is 1. The Bertz CT molecular complexity index is 377. The van der Waals surface area contributed by atoms with Gasteiger partial charge in [-0.2, -0.15) is 15.0 Å². The second-order valence-corrected chi connectivity index (χ2v) is 4.23. The van der Waals surface area contributed by atoms with Gasteiger partial charge in [-0.25, -0.2) is 0 Å². The maximum Gasteiger partial charge on any atom is 0.231 e. The quantitative estimate of drug-likeness (QED) is 0.769. The molecule has 2 heterocycles. The summed E-state index contributed by atoms with van der Waals surface area (Å²) in [5, 5.41) is 3.13. The topological polar surface area (TPSA) is 89.2 Å². The average Bonchev–Trinajstić information content (AvgIpc) is 2.78. The summed E-state index contributed by atoms with van der Waals surface area (Å²) in [5.74, 6) is 1.27. The highest BCUT2D eigenvalue weighted by Gasteiger charge is 2.15. The molecule has 1 saturated heterocycles. The summed E-state index contributed by atoms with van der Waals surface area (Å²) in [4.78, 5) is 14.1. The summed E-state index contributed by atoms with van der Waals surface area (Å²) in [6, 6.07) is 0. The molecule has 94 valence electrons. The SMILES string of the molecule is CN(C)c1nc(N)nc(NCC2CCCO2)n1. The number of hydrogen-bond donors (Lipinski definition) is 2. The van der Waals surface area contributed by atoms with Crippen molar-refractivity contribution in [2.45, 2.75) is 18.9 Å². The highest BCUT2D eigenvalue weighted by Crippen LogP contribution is 2.13. The van der Waals surface area contributed by atoms with Crippen LogP contribution < -0.4 is 16.0 Å². The van der Waals surface area contributed by atoms with E-state index >= 15 is 0 Å². The first-order valence-electron chi connectivity index (χ1n) is 5.69. The molecule has 0 bridgehead atoms. The smallest absolute Gasteiger partial charge is 0.231 e. The van der Waals surface area contributed by atoms with Crippen molar-refractivity contribution < 1.29 is 4.74 Å². The van der Waals surface area contributed by atoms with Crippen molar-refractivity contribution >= 4 is 17.8 Å². The predicted molar refractivity (Wildman–Crippen MR) is 66.0 cm³/mol. The van der Waals surface area contributed by atoms with E-state index in [9.17, 15) is 0 Å². The number of nitrogen functional groups attached to an aromatic ring is 1. The molecule has 1 aliphatic heterocycles. The van der Waals surface area contributed by atoms with Crippen LogP contribution in [0.5, 0.6) is 0 Å². The largest absolute Gasteiger partial charge is 0.376 e. The molecule has 1 aromatic heterocycles. The highest BCUT2D eigenvalue weighted by molar-refractivity contribution is 5.40. The second kappa shape index (κ2) is 5.13. The molecule has 17 heavy (non-hydrogen) atoms. The summed E-state index contributed by atoms with van der Waals surface area (Å²) in [5.41, 5.74) is 5.62. The number of rotatable bonds is 4. The van der Waals surface area contributed by atoms with E-state index in [0.29, 0.717) is 18.4 Å². The van der Waals surface area contributed by atoms with Crippen molar-refractivity contribution in [1.82, 2.24) is 15.0 Å². The molecule has 0 saturated carbocycles. The molecule has 1 aliphatic rings. The summed E-state index contributed by atoms with van der Waals surface area (Å²) in [6.45, 7) is 1.55. The van der Waals surface area contributed by atoms with Crippen molar-refractivity contribution in [1.29, 1.82) is 0 Å². The van der Waals surface area contributed by atoms with E-state index in [1.54, 1.807) is 4.90 Å². The molecule has 0 aliphatic carbocycles. The molecular formula is C10H18N6O. The van der Waals surface area contributed by atoms with E-state index in [4.69, 9.17) is 10.5 Å². The average molecular weight is 238 g/mol. The number of nitrogens with one attached hydrogen (secondary N) is 1. The number of ether oxygens (including phenoxy) is 1. The number of nitrogens with zero attached hydrogens (tertiary/aromatic N) is 4. The van der Waals surface area contributed by atoms with E-state index in [1.807, 2.05) is 14.1 Å². The first-order valence-corrected chi connectivity index (χ1v) is 5.69. The molecule has 0 radical (unpaired) electrons. The molecule has 0 amide bonds. The Morgan fingerprint density at radius 1 is 1.41 bits per heavy atom. The van der Waals surface area contributed by atoms with E-state index in [2.05, 4.69) is 20.3 Å². The normalized spacial score (nSPS) is 19.3. The van der Waals surface area contributed by atoms with Gasteiger partial charge >= 0.3 is 0 Å². The van der Waals surface area contributed by atoms with Gasteiger partial charge in [-0.1, -0.05) is 0 Å². The molecular weight excluding hydrogens is 220 g/mol. The molecule has 1 fully saturated rings. The Labute approximate surface area is 100 Å². The zero-order chi connectivity index (χ0) is 12.3. The first kappa shape index (κ1) is 11.8. The lowest BCUT2D eigenvalue weighted by Crippen LogP contribution is -2.21. The maximum absolute atomic E-state index is 5.62. The Morgan fingerprint density at radius 2 is 2.24 bits per heavy atom. The standard InChI is InChI=1S/C10H18N6O/c1-16(2)10-14-8(11)13-9(15-10)12-6-7-4-3-5-17-7/h7H,3-6H2,1-2H3,(H3,11,12,13,14,15). The van der Waals surface area contributed by atoms with Crippen molar-refractivity contribution in [3.63, 3.8) is 0 Å². The summed E-state index contributed by atoms with van der Waals surface area (Å²) in [6.07, 6.45) is 2.44. The fourth-order valence-corrected chi connectivity index (χ4v) is 1.67. The molecule has 7 nitrogen and oxygen atoms in total. The molecule has 1 aromatic rings. The molecule has 3 N–H and O–H groups in total. The monoisotopic (exact) mass is 238 g/mol. The van der Waals surface area contributed by atoms with E-state index in [0.717, 1.165) is 19.4 Å². The van der Waals surface area contributed by atoms with E-state index in [-0.39, 0.29) is 12.1 Å². The van der Waals surface area contributed by atoms with Gasteiger partial charge in [0.2, 0.25) is 17.8 Å². The minimum absolute atomic E-state index is 0.221. The van der Waals surface area contributed by atoms with Gasteiger partial charge in [0.25, 0.3) is 0 Å². The molecule has 2 rings (SSSR count). The fraction of sp³-hybridized carbons (Fsp3) is 0.700. The third kappa shape index (κ3) is 3.16. The summed E-state index contributed by atoms with van der Waals surface area (Å²) >= 11 is 0. The lowest BCUT2D eigenvalue weighted by atomic mass is 10.2. The molecule has 0 spiro atoms. The van der Waals surface area contributed by atoms with Crippen molar-refractivity contribution in [2.75, 3.05) is 43.2 Å². The lowest BCUT2D eigenvalue weighted by Gasteiger charge is -2.14. The van der Waals surface area contributed by atoms with Crippen LogP contribution in [-0.4, -0.2) is 48.3 Å². The number of hydrogen-bond acceptors (Lipinski definition) is 7. The van der Waals surface area contributed by atoms with Gasteiger partial charge in [0, 0.05) is 27.2 Å². The van der Waals surface area contributed by atoms with Crippen LogP contribution in [0.1, 0.15) is 12.8 Å². The molecule has 1 unspecified atom stereocenters. The van der Waals surface area contributed by atoms with Gasteiger partial charge < -0.3 is 20.7 Å². The predicted octanol–water partition coefficient (Wildman–Crippen LogP) is 0.111. The van der Waals surface area contributed by atoms with Gasteiger partial charge in [-0.15, -0.1) is 0 Å². The van der Waals surface area contributed by atoms with Crippen LogP contribution in [-0.2, 0) is 4.74 Å². The van der Waals surface area contributed by atoms with Gasteiger partial charge in [0.15, 0.2) is 0 Å². The summed E-state index contributed by atoms with van der Waals surface area (Å²) < 4.78 is 5.51. The Kier molecular flexibility index (Phi) is 3.58. The van der Waals surface area contributed by atoms with Crippen LogP contribution in [0.2, 0.25) is 0 Å². The molecule has 0 aromatic carbocycles. The Hall–Kier alpha value is -1.63. The zero-order valence-electron chi connectivity index (χ0n) is 10.2. The van der Waals surface area contributed by atoms with Crippen molar-refractivity contribution in [2.24, 2.45) is 0 Å². The second-order valence-electron chi connectivity index (χ2n) is 4.23. The maximum atomic E-state index is 5.62. The Morgan fingerprint density at radius 3 is 2.88 bits per heavy atom. The number of aromatic nitrogens is 3. The van der Waals surface area contributed by atoms with E-state index < -0.39 is 0 Å². The van der Waals surface area contributed by atoms with Crippen molar-refractivity contribution in [3.8, 4) is 0 Å². The fourth-order valence-electron chi connectivity index (χ4n) is 1.67. The van der Waals surface area contributed by atoms with E-state index in [1.165, 1.54) is 0 Å². The van der Waals surface area contributed by atoms with Crippen LogP contribution in [0.25, 0.3) is 0 Å². The highest BCUT2D eigenvalue weighted by atomic mass is 16.5. The molecule has 7 heteroatoms. The van der Waals surface area contributed by atoms with Crippen molar-refractivity contribution in [3.05, 3.63) is 0 Å². The first-order chi connectivity index (χ1) is 8.15. The van der Waals surface area contributed by atoms with Gasteiger partial charge in [-0.3, -0.25) is 0 Å². The van der Waals surface area contributed by atoms with Crippen LogP contribution >= 0.6 is 0 Å². The van der Waals surface area contributed by atoms with Gasteiger partial charge in [-0.05, 0) is 12.8 Å². The minimum Gasteiger partial charge on any atom is -0.376 e. The molecule has 1 atom stereocenters. The third-order valence-electron chi connectivity index (χ3n) is 2.55. The number of anilines is 3. The van der Waals surface area contributed by atoms with Gasteiger partial charge in [0.1, 0.15) is 0 Å². The third-order valence-corrected chi connectivity index (χ3v) is 2.55. The Balaban J connectivity index is 1.99. The zero-order valence-corrected chi connectivity index (χ0v) is 10.2. The van der Waals surface area contributed by atoms with Crippen LogP contribution in [0.3, 0.4) is 0 Å². The minimum atomic E-state index is 0.221. The lowest BCUT2D eigenvalue weighted by molar-refractivity contribution is 0.120. The van der Waals surface area contributed by atoms with Crippen LogP contribution in [0.4, 0.5) is 17.8 Å². The van der Waals surface area contributed by atoms with Crippen LogP contribution in [0, 0.1) is 0 Å².